The number of rotatable bonds is 38. The fourth-order valence-electron chi connectivity index (χ4n) is 7.92. The van der Waals surface area contributed by atoms with E-state index in [-0.39, 0.29) is 6.42 Å². The Morgan fingerprint density at radius 3 is 1.50 bits per heavy atom. The van der Waals surface area contributed by atoms with E-state index in [2.05, 4.69) is 31.4 Å². The molecule has 0 spiro atoms. The molecule has 344 valence electrons. The van der Waals surface area contributed by atoms with E-state index in [0.717, 1.165) is 44.4 Å². The topological polar surface area (TPSA) is 198 Å². The molecule has 0 saturated carbocycles. The molecule has 12 nitrogen and oxygen atoms in total. The maximum absolute atomic E-state index is 13.2. The summed E-state index contributed by atoms with van der Waals surface area (Å²) in [6.45, 7) is 6.93. The highest BCUT2D eigenvalue weighted by molar-refractivity contribution is 5.80. The lowest BCUT2D eigenvalue weighted by Crippen LogP contribution is -2.65. The van der Waals surface area contributed by atoms with Crippen LogP contribution in [0.4, 0.5) is 0 Å². The molecule has 1 aliphatic heterocycles. The molecule has 58 heavy (non-hydrogen) atoms. The Morgan fingerprint density at radius 2 is 1.07 bits per heavy atom. The lowest BCUT2D eigenvalue weighted by molar-refractivity contribution is -0.272. The second-order valence-electron chi connectivity index (χ2n) is 17.7. The summed E-state index contributed by atoms with van der Waals surface area (Å²) in [6, 6.07) is -2.38. The number of nitrogens with one attached hydrogen (secondary N) is 2. The number of carbonyl (C=O) groups excluding carboxylic acids is 2. The third-order valence-corrected chi connectivity index (χ3v) is 11.7. The zero-order valence-corrected chi connectivity index (χ0v) is 37.3. The standard InChI is InChI=1S/C46H90N2O10/c1-5-6-7-8-9-10-11-12-13-14-15-16-17-18-19-22-26-29-32-39(52)45(56)48-37(42(53)38(51)31-28-25-23-20-21-24-27-30-35(2)3)34-57-46-41(47-36(4)50)44(55)43(54)40(33-49)58-46/h35,37-44,46,49,51-55H,5-34H2,1-4H3,(H,47,50)(H,48,56). The van der Waals surface area contributed by atoms with Gasteiger partial charge in [0.15, 0.2) is 6.29 Å². The van der Waals surface area contributed by atoms with Gasteiger partial charge in [-0.3, -0.25) is 9.59 Å². The number of hydrogen-bond donors (Lipinski definition) is 8. The van der Waals surface area contributed by atoms with Crippen molar-refractivity contribution in [1.82, 2.24) is 10.6 Å². The second-order valence-corrected chi connectivity index (χ2v) is 17.7. The van der Waals surface area contributed by atoms with Gasteiger partial charge in [0.2, 0.25) is 11.8 Å². The molecular weight excluding hydrogens is 741 g/mol. The summed E-state index contributed by atoms with van der Waals surface area (Å²) in [6.07, 6.45) is 22.1. The quantitative estimate of drug-likeness (QED) is 0.0297. The number of hydrogen-bond acceptors (Lipinski definition) is 10. The first-order chi connectivity index (χ1) is 27.9. The van der Waals surface area contributed by atoms with Crippen molar-refractivity contribution >= 4 is 11.8 Å². The van der Waals surface area contributed by atoms with Gasteiger partial charge in [-0.15, -0.1) is 0 Å². The van der Waals surface area contributed by atoms with Gasteiger partial charge in [-0.05, 0) is 18.8 Å². The average Bonchev–Trinajstić information content (AvgIpc) is 3.19. The Bertz CT molecular complexity index is 990. The molecule has 1 aliphatic rings. The lowest BCUT2D eigenvalue weighted by Gasteiger charge is -2.42. The van der Waals surface area contributed by atoms with Crippen molar-refractivity contribution in [2.75, 3.05) is 13.2 Å². The van der Waals surface area contributed by atoms with Crippen molar-refractivity contribution in [3.05, 3.63) is 0 Å². The first-order valence-corrected chi connectivity index (χ1v) is 23.8. The summed E-state index contributed by atoms with van der Waals surface area (Å²) >= 11 is 0. The van der Waals surface area contributed by atoms with E-state index in [1.54, 1.807) is 0 Å². The first-order valence-electron chi connectivity index (χ1n) is 23.8. The molecule has 0 radical (unpaired) electrons. The Hall–Kier alpha value is -1.38. The van der Waals surface area contributed by atoms with E-state index >= 15 is 0 Å². The van der Waals surface area contributed by atoms with Gasteiger partial charge < -0.3 is 50.7 Å². The molecule has 8 N–H and O–H groups in total. The summed E-state index contributed by atoms with van der Waals surface area (Å²) in [7, 11) is 0. The van der Waals surface area contributed by atoms with Crippen LogP contribution in [0, 0.1) is 5.92 Å². The van der Waals surface area contributed by atoms with Crippen LogP contribution >= 0.6 is 0 Å². The molecule has 0 bridgehead atoms. The van der Waals surface area contributed by atoms with Crippen LogP contribution in [-0.2, 0) is 19.1 Å². The summed E-state index contributed by atoms with van der Waals surface area (Å²) in [5, 5.41) is 68.9. The molecule has 0 aromatic heterocycles. The smallest absolute Gasteiger partial charge is 0.249 e. The van der Waals surface area contributed by atoms with Gasteiger partial charge in [0, 0.05) is 6.92 Å². The number of unbranched alkanes of at least 4 members (excludes halogenated alkanes) is 23. The number of aliphatic hydroxyl groups is 6. The van der Waals surface area contributed by atoms with E-state index in [4.69, 9.17) is 9.47 Å². The molecule has 12 heteroatoms. The van der Waals surface area contributed by atoms with Gasteiger partial charge in [0.1, 0.15) is 36.6 Å². The van der Waals surface area contributed by atoms with Crippen LogP contribution < -0.4 is 10.6 Å². The van der Waals surface area contributed by atoms with E-state index < -0.39 is 80.0 Å². The Kier molecular flexibility index (Phi) is 33.2. The molecule has 2 amide bonds. The van der Waals surface area contributed by atoms with Crippen LogP contribution in [0.1, 0.15) is 207 Å². The predicted molar refractivity (Wildman–Crippen MR) is 231 cm³/mol. The fraction of sp³-hybridized carbons (Fsp3) is 0.957. The van der Waals surface area contributed by atoms with Crippen molar-refractivity contribution in [3.8, 4) is 0 Å². The molecule has 9 unspecified atom stereocenters. The molecule has 1 heterocycles. The third-order valence-electron chi connectivity index (χ3n) is 11.7. The van der Waals surface area contributed by atoms with Crippen LogP contribution in [0.15, 0.2) is 0 Å². The van der Waals surface area contributed by atoms with Gasteiger partial charge in [-0.2, -0.15) is 0 Å². The maximum Gasteiger partial charge on any atom is 0.249 e. The minimum absolute atomic E-state index is 0.257. The number of ether oxygens (including phenoxy) is 2. The van der Waals surface area contributed by atoms with Crippen molar-refractivity contribution in [1.29, 1.82) is 0 Å². The van der Waals surface area contributed by atoms with Gasteiger partial charge in [-0.25, -0.2) is 0 Å². The van der Waals surface area contributed by atoms with Crippen LogP contribution in [0.5, 0.6) is 0 Å². The molecule has 0 aromatic rings. The summed E-state index contributed by atoms with van der Waals surface area (Å²) < 4.78 is 11.5. The molecule has 0 aromatic carbocycles. The molecule has 1 fully saturated rings. The van der Waals surface area contributed by atoms with Gasteiger partial charge >= 0.3 is 0 Å². The largest absolute Gasteiger partial charge is 0.394 e. The van der Waals surface area contributed by atoms with Crippen molar-refractivity contribution in [3.63, 3.8) is 0 Å². The third kappa shape index (κ3) is 26.1. The maximum atomic E-state index is 13.2. The number of amides is 2. The zero-order valence-electron chi connectivity index (χ0n) is 37.3. The minimum Gasteiger partial charge on any atom is -0.394 e. The molecule has 9 atom stereocenters. The highest BCUT2D eigenvalue weighted by Crippen LogP contribution is 2.24. The van der Waals surface area contributed by atoms with Crippen molar-refractivity contribution in [2.45, 2.75) is 262 Å². The number of aliphatic hydroxyl groups excluding tert-OH is 6. The normalized spacial score (nSPS) is 21.8. The van der Waals surface area contributed by atoms with Gasteiger partial charge in [-0.1, -0.05) is 188 Å². The predicted octanol–water partition coefficient (Wildman–Crippen LogP) is 7.11. The van der Waals surface area contributed by atoms with Crippen LogP contribution in [0.3, 0.4) is 0 Å². The summed E-state index contributed by atoms with van der Waals surface area (Å²) in [4.78, 5) is 25.1. The van der Waals surface area contributed by atoms with Gasteiger partial charge in [0.05, 0.1) is 25.4 Å². The second kappa shape index (κ2) is 35.2. The van der Waals surface area contributed by atoms with Crippen LogP contribution in [0.25, 0.3) is 0 Å². The molecule has 1 saturated heterocycles. The minimum atomic E-state index is -1.53. The lowest BCUT2D eigenvalue weighted by atomic mass is 9.96. The summed E-state index contributed by atoms with van der Waals surface area (Å²) in [5.74, 6) is -0.496. The Labute approximate surface area is 353 Å². The van der Waals surface area contributed by atoms with E-state index in [0.29, 0.717) is 19.3 Å². The van der Waals surface area contributed by atoms with E-state index in [1.807, 2.05) is 0 Å². The fourth-order valence-corrected chi connectivity index (χ4v) is 7.92. The van der Waals surface area contributed by atoms with E-state index in [9.17, 15) is 40.2 Å². The Balaban J connectivity index is 2.55. The zero-order chi connectivity index (χ0) is 43.0. The van der Waals surface area contributed by atoms with Crippen LogP contribution in [0.2, 0.25) is 0 Å². The van der Waals surface area contributed by atoms with Crippen molar-refractivity contribution in [2.24, 2.45) is 5.92 Å². The SMILES string of the molecule is CCCCCCCCCCCCCCCCCCCCC(O)C(=O)NC(COC1OC(CO)C(O)C(O)C1NC(C)=O)C(O)C(O)CCCCCCCCCC(C)C. The summed E-state index contributed by atoms with van der Waals surface area (Å²) in [5.41, 5.74) is 0. The highest BCUT2D eigenvalue weighted by atomic mass is 16.7. The average molecular weight is 831 g/mol. The highest BCUT2D eigenvalue weighted by Gasteiger charge is 2.46. The van der Waals surface area contributed by atoms with Crippen molar-refractivity contribution < 1.29 is 49.7 Å². The Morgan fingerprint density at radius 1 is 0.638 bits per heavy atom. The van der Waals surface area contributed by atoms with Crippen LogP contribution in [-0.4, -0.2) is 111 Å². The first kappa shape index (κ1) is 54.6. The van der Waals surface area contributed by atoms with Gasteiger partial charge in [0.25, 0.3) is 0 Å². The molecular formula is C46H90N2O10. The van der Waals surface area contributed by atoms with E-state index in [1.165, 1.54) is 122 Å². The molecule has 0 aliphatic carbocycles. The molecule has 1 rings (SSSR count). The number of carbonyl (C=O) groups is 2. The monoisotopic (exact) mass is 831 g/mol.